The van der Waals surface area contributed by atoms with Crippen LogP contribution in [0.3, 0.4) is 0 Å². The third kappa shape index (κ3) is 2.05. The first kappa shape index (κ1) is 10.6. The molecule has 1 rings (SSSR count). The lowest BCUT2D eigenvalue weighted by molar-refractivity contribution is 0.503. The molecule has 72 valence electrons. The van der Waals surface area contributed by atoms with Crippen LogP contribution in [0.2, 0.25) is 5.02 Å². The fourth-order valence-electron chi connectivity index (χ4n) is 1.67. The molecule has 0 heterocycles. The average molecular weight is 197 g/mol. The van der Waals surface area contributed by atoms with E-state index in [-0.39, 0.29) is 5.41 Å². The normalized spacial score (nSPS) is 11.8. The molecule has 0 radical (unpaired) electrons. The van der Waals surface area contributed by atoms with E-state index in [1.54, 1.807) is 0 Å². The van der Waals surface area contributed by atoms with Gasteiger partial charge in [0.05, 0.1) is 0 Å². The molecule has 1 aromatic rings. The Balaban J connectivity index is 3.28. The Bertz CT molecular complexity index is 280. The minimum atomic E-state index is 0.183. The highest BCUT2D eigenvalue weighted by Gasteiger charge is 2.22. The fourth-order valence-corrected chi connectivity index (χ4v) is 2.14. The first-order valence-corrected chi connectivity index (χ1v) is 5.12. The van der Waals surface area contributed by atoms with Crippen LogP contribution in [0.5, 0.6) is 0 Å². The summed E-state index contributed by atoms with van der Waals surface area (Å²) in [7, 11) is 0. The topological polar surface area (TPSA) is 0 Å². The molecule has 0 unspecified atom stereocenters. The molecular formula is C12H17Cl. The molecule has 1 heteroatoms. The van der Waals surface area contributed by atoms with Gasteiger partial charge in [-0.2, -0.15) is 0 Å². The van der Waals surface area contributed by atoms with Crippen LogP contribution in [0.25, 0.3) is 0 Å². The number of halogens is 1. The molecule has 0 amide bonds. The number of hydrogen-bond acceptors (Lipinski definition) is 0. The zero-order valence-electron chi connectivity index (χ0n) is 8.82. The van der Waals surface area contributed by atoms with Crippen LogP contribution < -0.4 is 0 Å². The van der Waals surface area contributed by atoms with E-state index in [0.717, 1.165) is 11.4 Å². The maximum atomic E-state index is 6.19. The summed E-state index contributed by atoms with van der Waals surface area (Å²) in [6.07, 6.45) is 1.11. The lowest BCUT2D eigenvalue weighted by atomic mass is 9.80. The lowest BCUT2D eigenvalue weighted by Gasteiger charge is -2.26. The minimum absolute atomic E-state index is 0.183. The van der Waals surface area contributed by atoms with Crippen molar-refractivity contribution in [1.82, 2.24) is 0 Å². The lowest BCUT2D eigenvalue weighted by Crippen LogP contribution is -2.17. The standard InChI is InChI=1S/C12H17Cl/c1-5-12(3,4)11-9(2)7-6-8-10(11)13/h6-8H,5H2,1-4H3. The summed E-state index contributed by atoms with van der Waals surface area (Å²) in [5, 5.41) is 0.895. The second-order valence-corrected chi connectivity index (χ2v) is 4.58. The van der Waals surface area contributed by atoms with Crippen molar-refractivity contribution in [2.45, 2.75) is 39.5 Å². The number of aryl methyl sites for hydroxylation is 1. The van der Waals surface area contributed by atoms with E-state index in [0.29, 0.717) is 0 Å². The van der Waals surface area contributed by atoms with Gasteiger partial charge in [-0.1, -0.05) is 44.5 Å². The van der Waals surface area contributed by atoms with Gasteiger partial charge in [0.2, 0.25) is 0 Å². The first-order valence-electron chi connectivity index (χ1n) is 4.74. The molecular weight excluding hydrogens is 180 g/mol. The molecule has 0 aliphatic carbocycles. The molecule has 0 fully saturated rings. The van der Waals surface area contributed by atoms with Crippen molar-refractivity contribution in [3.05, 3.63) is 34.3 Å². The Hall–Kier alpha value is -0.490. The molecule has 0 aliphatic rings. The van der Waals surface area contributed by atoms with Gasteiger partial charge < -0.3 is 0 Å². The predicted octanol–water partition coefficient (Wildman–Crippen LogP) is 4.34. The van der Waals surface area contributed by atoms with Crippen LogP contribution in [-0.2, 0) is 5.41 Å². The molecule has 0 spiro atoms. The summed E-state index contributed by atoms with van der Waals surface area (Å²) in [6, 6.07) is 6.10. The van der Waals surface area contributed by atoms with Crippen LogP contribution in [0.1, 0.15) is 38.3 Å². The van der Waals surface area contributed by atoms with E-state index in [4.69, 9.17) is 11.6 Å². The monoisotopic (exact) mass is 196 g/mol. The van der Waals surface area contributed by atoms with Gasteiger partial charge in [0, 0.05) is 5.02 Å². The van der Waals surface area contributed by atoms with Gasteiger partial charge in [-0.3, -0.25) is 0 Å². The van der Waals surface area contributed by atoms with Crippen LogP contribution in [-0.4, -0.2) is 0 Å². The minimum Gasteiger partial charge on any atom is -0.0840 e. The van der Waals surface area contributed by atoms with Gasteiger partial charge in [-0.25, -0.2) is 0 Å². The summed E-state index contributed by atoms with van der Waals surface area (Å²) in [4.78, 5) is 0. The molecule has 0 nitrogen and oxygen atoms in total. The predicted molar refractivity (Wildman–Crippen MR) is 59.5 cm³/mol. The largest absolute Gasteiger partial charge is 0.0840 e. The Labute approximate surface area is 85.9 Å². The molecule has 0 aliphatic heterocycles. The van der Waals surface area contributed by atoms with Gasteiger partial charge in [0.15, 0.2) is 0 Å². The third-order valence-corrected chi connectivity index (χ3v) is 3.10. The fraction of sp³-hybridized carbons (Fsp3) is 0.500. The Morgan fingerprint density at radius 2 is 1.92 bits per heavy atom. The summed E-state index contributed by atoms with van der Waals surface area (Å²) >= 11 is 6.19. The summed E-state index contributed by atoms with van der Waals surface area (Å²) in [5.41, 5.74) is 2.76. The van der Waals surface area contributed by atoms with Gasteiger partial charge in [-0.05, 0) is 36.0 Å². The summed E-state index contributed by atoms with van der Waals surface area (Å²) < 4.78 is 0. The first-order chi connectivity index (χ1) is 5.99. The van der Waals surface area contributed by atoms with Crippen molar-refractivity contribution in [3.63, 3.8) is 0 Å². The Morgan fingerprint density at radius 1 is 1.31 bits per heavy atom. The SMILES string of the molecule is CCC(C)(C)c1c(C)cccc1Cl. The van der Waals surface area contributed by atoms with Gasteiger partial charge in [-0.15, -0.1) is 0 Å². The average Bonchev–Trinajstić information content (AvgIpc) is 2.03. The second-order valence-electron chi connectivity index (χ2n) is 4.17. The highest BCUT2D eigenvalue weighted by molar-refractivity contribution is 6.31. The van der Waals surface area contributed by atoms with Crippen LogP contribution in [0.4, 0.5) is 0 Å². The highest BCUT2D eigenvalue weighted by Crippen LogP contribution is 2.34. The maximum Gasteiger partial charge on any atom is 0.0446 e. The van der Waals surface area contributed by atoms with E-state index in [1.165, 1.54) is 11.1 Å². The van der Waals surface area contributed by atoms with Crippen molar-refractivity contribution < 1.29 is 0 Å². The molecule has 1 aromatic carbocycles. The number of hydrogen-bond donors (Lipinski definition) is 0. The van der Waals surface area contributed by atoms with E-state index in [9.17, 15) is 0 Å². The zero-order chi connectivity index (χ0) is 10.1. The molecule has 13 heavy (non-hydrogen) atoms. The number of rotatable bonds is 2. The van der Waals surface area contributed by atoms with Crippen molar-refractivity contribution >= 4 is 11.6 Å². The molecule has 0 saturated carbocycles. The van der Waals surface area contributed by atoms with E-state index >= 15 is 0 Å². The zero-order valence-corrected chi connectivity index (χ0v) is 9.57. The summed E-state index contributed by atoms with van der Waals surface area (Å²) in [5.74, 6) is 0. The Kier molecular flexibility index (Phi) is 3.02. The molecule has 0 aromatic heterocycles. The third-order valence-electron chi connectivity index (χ3n) is 2.78. The second kappa shape index (κ2) is 3.71. The van der Waals surface area contributed by atoms with Crippen LogP contribution >= 0.6 is 11.6 Å². The van der Waals surface area contributed by atoms with Crippen molar-refractivity contribution in [2.24, 2.45) is 0 Å². The number of benzene rings is 1. The van der Waals surface area contributed by atoms with Gasteiger partial charge in [0.1, 0.15) is 0 Å². The Morgan fingerprint density at radius 3 is 2.38 bits per heavy atom. The molecule has 0 atom stereocenters. The maximum absolute atomic E-state index is 6.19. The molecule has 0 bridgehead atoms. The smallest absolute Gasteiger partial charge is 0.0446 e. The van der Waals surface area contributed by atoms with Gasteiger partial charge in [0.25, 0.3) is 0 Å². The van der Waals surface area contributed by atoms with Crippen LogP contribution in [0.15, 0.2) is 18.2 Å². The summed E-state index contributed by atoms with van der Waals surface area (Å²) in [6.45, 7) is 8.80. The van der Waals surface area contributed by atoms with E-state index in [2.05, 4.69) is 33.8 Å². The van der Waals surface area contributed by atoms with Crippen molar-refractivity contribution in [3.8, 4) is 0 Å². The van der Waals surface area contributed by atoms with Crippen molar-refractivity contribution in [2.75, 3.05) is 0 Å². The van der Waals surface area contributed by atoms with Crippen molar-refractivity contribution in [1.29, 1.82) is 0 Å². The van der Waals surface area contributed by atoms with E-state index < -0.39 is 0 Å². The molecule has 0 saturated heterocycles. The van der Waals surface area contributed by atoms with E-state index in [1.807, 2.05) is 12.1 Å². The van der Waals surface area contributed by atoms with Gasteiger partial charge >= 0.3 is 0 Å². The van der Waals surface area contributed by atoms with Crippen LogP contribution in [0, 0.1) is 6.92 Å². The molecule has 0 N–H and O–H groups in total. The quantitative estimate of drug-likeness (QED) is 0.661. The highest BCUT2D eigenvalue weighted by atomic mass is 35.5.